The van der Waals surface area contributed by atoms with E-state index in [1.807, 2.05) is 0 Å². The van der Waals surface area contributed by atoms with E-state index in [4.69, 9.17) is 17.3 Å². The van der Waals surface area contributed by atoms with E-state index in [0.717, 1.165) is 26.2 Å². The molecule has 10 nitrogen and oxygen atoms in total. The van der Waals surface area contributed by atoms with Crippen LogP contribution in [-0.2, 0) is 0 Å². The molecular formula is C27H32ClN7O3. The van der Waals surface area contributed by atoms with Crippen molar-refractivity contribution in [1.82, 2.24) is 24.7 Å². The first-order chi connectivity index (χ1) is 18.1. The number of nitrogens with zero attached hydrogens (tertiary/aromatic N) is 4. The molecule has 4 N–H and O–H groups in total. The highest BCUT2D eigenvalue weighted by Gasteiger charge is 2.31. The molecule has 4 rings (SSSR count). The van der Waals surface area contributed by atoms with Crippen LogP contribution in [0, 0.1) is 0 Å². The largest absolute Gasteiger partial charge is 0.364 e. The summed E-state index contributed by atoms with van der Waals surface area (Å²) in [6.07, 6.45) is 1.39. The van der Waals surface area contributed by atoms with E-state index in [1.54, 1.807) is 48.5 Å². The lowest BCUT2D eigenvalue weighted by Crippen LogP contribution is -2.57. The predicted molar refractivity (Wildman–Crippen MR) is 147 cm³/mol. The van der Waals surface area contributed by atoms with Crippen LogP contribution >= 0.6 is 11.6 Å². The third-order valence-electron chi connectivity index (χ3n) is 6.78. The van der Waals surface area contributed by atoms with Crippen molar-refractivity contribution in [3.63, 3.8) is 0 Å². The summed E-state index contributed by atoms with van der Waals surface area (Å²) >= 11 is 6.12. The fraction of sp³-hybridized carbons (Fsp3) is 0.333. The van der Waals surface area contributed by atoms with Crippen LogP contribution in [-0.4, -0.2) is 82.4 Å². The number of halogens is 1. The van der Waals surface area contributed by atoms with Crippen LogP contribution in [0.25, 0.3) is 5.69 Å². The van der Waals surface area contributed by atoms with Gasteiger partial charge in [0.2, 0.25) is 0 Å². The van der Waals surface area contributed by atoms with E-state index in [9.17, 15) is 14.4 Å². The number of nitrogens with two attached hydrogens (primary N) is 1. The number of piperazine rings is 1. The van der Waals surface area contributed by atoms with Gasteiger partial charge in [0, 0.05) is 49.6 Å². The summed E-state index contributed by atoms with van der Waals surface area (Å²) in [6, 6.07) is 13.6. The average molecular weight is 538 g/mol. The molecule has 0 spiro atoms. The van der Waals surface area contributed by atoms with E-state index in [-0.39, 0.29) is 22.8 Å². The summed E-state index contributed by atoms with van der Waals surface area (Å²) < 4.78 is 1.51. The molecule has 38 heavy (non-hydrogen) atoms. The molecule has 3 amide bonds. The van der Waals surface area contributed by atoms with Gasteiger partial charge in [-0.1, -0.05) is 23.7 Å². The normalized spacial score (nSPS) is 14.7. The van der Waals surface area contributed by atoms with E-state index in [2.05, 4.69) is 46.3 Å². The predicted octanol–water partition coefficient (Wildman–Crippen LogP) is 2.63. The number of aromatic nitrogens is 2. The number of likely N-dealkylation sites (N-methyl/N-ethyl adjacent to an activating group) is 1. The van der Waals surface area contributed by atoms with E-state index in [1.165, 1.54) is 10.9 Å². The topological polar surface area (TPSA) is 126 Å². The number of benzene rings is 2. The highest BCUT2D eigenvalue weighted by molar-refractivity contribution is 6.34. The summed E-state index contributed by atoms with van der Waals surface area (Å²) in [4.78, 5) is 46.7. The van der Waals surface area contributed by atoms with Crippen molar-refractivity contribution in [2.24, 2.45) is 5.73 Å². The van der Waals surface area contributed by atoms with Gasteiger partial charge in [-0.05, 0) is 57.3 Å². The Balaban J connectivity index is 1.50. The molecule has 1 saturated heterocycles. The number of hydrogen-bond donors (Lipinski definition) is 3. The van der Waals surface area contributed by atoms with Crippen molar-refractivity contribution >= 4 is 35.0 Å². The lowest BCUT2D eigenvalue weighted by molar-refractivity contribution is 0.0586. The van der Waals surface area contributed by atoms with Gasteiger partial charge in [0.1, 0.15) is 12.0 Å². The molecule has 2 aromatic carbocycles. The van der Waals surface area contributed by atoms with E-state index >= 15 is 0 Å². The minimum absolute atomic E-state index is 0.0551. The highest BCUT2D eigenvalue weighted by Crippen LogP contribution is 2.21. The maximum atomic E-state index is 13.3. The lowest BCUT2D eigenvalue weighted by atomic mass is 10.0. The number of rotatable bonds is 8. The molecular weight excluding hydrogens is 506 g/mol. The van der Waals surface area contributed by atoms with Crippen LogP contribution in [0.5, 0.6) is 0 Å². The maximum Gasteiger partial charge on any atom is 0.270 e. The SMILES string of the molecule is CN1CCN(C(C)(C)CNC(=O)c2c(C(N)=O)ncn2-c2ccc(NC(=O)c3ccccc3Cl)cc2)CC1. The molecule has 0 saturated carbocycles. The van der Waals surface area contributed by atoms with Gasteiger partial charge in [-0.15, -0.1) is 0 Å². The Kier molecular flexibility index (Phi) is 8.15. The summed E-state index contributed by atoms with van der Waals surface area (Å²) in [7, 11) is 2.10. The van der Waals surface area contributed by atoms with Crippen LogP contribution in [0.15, 0.2) is 54.9 Å². The summed E-state index contributed by atoms with van der Waals surface area (Å²) in [5.41, 5.74) is 6.66. The zero-order valence-corrected chi connectivity index (χ0v) is 22.5. The number of imidazole rings is 1. The quantitative estimate of drug-likeness (QED) is 0.405. The van der Waals surface area contributed by atoms with Gasteiger partial charge >= 0.3 is 0 Å². The minimum Gasteiger partial charge on any atom is -0.364 e. The van der Waals surface area contributed by atoms with Crippen LogP contribution in [0.1, 0.15) is 45.2 Å². The molecule has 0 aliphatic carbocycles. The van der Waals surface area contributed by atoms with Gasteiger partial charge in [0.25, 0.3) is 17.7 Å². The summed E-state index contributed by atoms with van der Waals surface area (Å²) in [6.45, 7) is 8.29. The zero-order valence-electron chi connectivity index (χ0n) is 21.7. The fourth-order valence-electron chi connectivity index (χ4n) is 4.39. The number of carbonyl (C=O) groups is 3. The molecule has 1 aromatic heterocycles. The number of nitrogens with one attached hydrogen (secondary N) is 2. The molecule has 1 aliphatic rings. The van der Waals surface area contributed by atoms with Gasteiger partial charge in [0.15, 0.2) is 5.69 Å². The van der Waals surface area contributed by atoms with Crippen LogP contribution in [0.2, 0.25) is 5.02 Å². The highest BCUT2D eigenvalue weighted by atomic mass is 35.5. The molecule has 1 fully saturated rings. The second kappa shape index (κ2) is 11.3. The van der Waals surface area contributed by atoms with Crippen molar-refractivity contribution in [3.05, 3.63) is 76.8 Å². The smallest absolute Gasteiger partial charge is 0.270 e. The number of carbonyl (C=O) groups excluding carboxylic acids is 3. The second-order valence-corrected chi connectivity index (χ2v) is 10.3. The number of amides is 3. The lowest BCUT2D eigenvalue weighted by Gasteiger charge is -2.43. The standard InChI is InChI=1S/C27H32ClN7O3/c1-27(2,34-14-12-33(3)13-15-34)16-30-26(38)23-22(24(29)36)31-17-35(23)19-10-8-18(9-11-19)32-25(37)20-6-4-5-7-21(20)28/h4-11,17H,12-16H2,1-3H3,(H2,29,36)(H,30,38)(H,32,37). The van der Waals surface area contributed by atoms with E-state index in [0.29, 0.717) is 28.5 Å². The Morgan fingerprint density at radius 2 is 1.66 bits per heavy atom. The van der Waals surface area contributed by atoms with Crippen molar-refractivity contribution in [2.75, 3.05) is 45.1 Å². The van der Waals surface area contributed by atoms with E-state index < -0.39 is 11.8 Å². The maximum absolute atomic E-state index is 13.3. The Morgan fingerprint density at radius 1 is 1.00 bits per heavy atom. The third-order valence-corrected chi connectivity index (χ3v) is 7.11. The molecule has 0 bridgehead atoms. The molecule has 200 valence electrons. The van der Waals surface area contributed by atoms with Crippen molar-refractivity contribution in [3.8, 4) is 5.69 Å². The first kappa shape index (κ1) is 27.3. The first-order valence-electron chi connectivity index (χ1n) is 12.3. The third kappa shape index (κ3) is 6.04. The number of primary amides is 1. The van der Waals surface area contributed by atoms with Gasteiger partial charge < -0.3 is 21.3 Å². The molecule has 3 aromatic rings. The fourth-order valence-corrected chi connectivity index (χ4v) is 4.62. The molecule has 0 unspecified atom stereocenters. The number of anilines is 1. The van der Waals surface area contributed by atoms with Crippen LogP contribution < -0.4 is 16.4 Å². The Hall–Kier alpha value is -3.73. The van der Waals surface area contributed by atoms with Gasteiger partial charge in [-0.25, -0.2) is 4.98 Å². The average Bonchev–Trinajstić information content (AvgIpc) is 3.34. The second-order valence-electron chi connectivity index (χ2n) is 9.94. The van der Waals surface area contributed by atoms with Crippen LogP contribution in [0.4, 0.5) is 5.69 Å². The molecule has 0 radical (unpaired) electrons. The molecule has 2 heterocycles. The monoisotopic (exact) mass is 537 g/mol. The van der Waals surface area contributed by atoms with Gasteiger partial charge in [-0.2, -0.15) is 0 Å². The van der Waals surface area contributed by atoms with Crippen molar-refractivity contribution < 1.29 is 14.4 Å². The molecule has 11 heteroatoms. The molecule has 1 aliphatic heterocycles. The van der Waals surface area contributed by atoms with Gasteiger partial charge in [0.05, 0.1) is 10.6 Å². The Bertz CT molecular complexity index is 1330. The van der Waals surface area contributed by atoms with Crippen molar-refractivity contribution in [1.29, 1.82) is 0 Å². The Labute approximate surface area is 226 Å². The first-order valence-corrected chi connectivity index (χ1v) is 12.7. The summed E-state index contributed by atoms with van der Waals surface area (Å²) in [5, 5.41) is 6.12. The number of hydrogen-bond acceptors (Lipinski definition) is 6. The van der Waals surface area contributed by atoms with Gasteiger partial charge in [-0.3, -0.25) is 23.9 Å². The summed E-state index contributed by atoms with van der Waals surface area (Å²) in [5.74, 6) is -1.59. The van der Waals surface area contributed by atoms with Crippen LogP contribution in [0.3, 0.4) is 0 Å². The zero-order chi connectivity index (χ0) is 27.4. The van der Waals surface area contributed by atoms with Crippen molar-refractivity contribution in [2.45, 2.75) is 19.4 Å². The minimum atomic E-state index is -0.796. The molecule has 0 atom stereocenters. The Morgan fingerprint density at radius 3 is 2.29 bits per heavy atom.